The van der Waals surface area contributed by atoms with Gasteiger partial charge in [0.05, 0.1) is 24.7 Å². The fourth-order valence-electron chi connectivity index (χ4n) is 1.33. The Morgan fingerprint density at radius 3 is 2.80 bits per heavy atom. The third-order valence-electron chi connectivity index (χ3n) is 2.26. The van der Waals surface area contributed by atoms with E-state index in [1.54, 1.807) is 7.11 Å². The molecule has 0 fully saturated rings. The third-order valence-corrected chi connectivity index (χ3v) is 2.26. The van der Waals surface area contributed by atoms with Gasteiger partial charge in [0, 0.05) is 19.7 Å². The Labute approximate surface area is 114 Å². The molecule has 0 atom stereocenters. The molecule has 20 heavy (non-hydrogen) atoms. The molecule has 0 saturated carbocycles. The number of hydrogen-bond acceptors (Lipinski definition) is 7. The number of carboxylic acid groups (broad SMARTS) is 1. The van der Waals surface area contributed by atoms with E-state index < -0.39 is 10.9 Å². The van der Waals surface area contributed by atoms with Crippen LogP contribution in [-0.4, -0.2) is 54.5 Å². The van der Waals surface area contributed by atoms with Crippen molar-refractivity contribution >= 4 is 17.5 Å². The van der Waals surface area contributed by atoms with Crippen LogP contribution in [0.1, 0.15) is 10.5 Å². The number of aromatic nitrogens is 1. The second kappa shape index (κ2) is 8.02. The number of aromatic carboxylic acids is 1. The van der Waals surface area contributed by atoms with Crippen LogP contribution in [0, 0.1) is 10.1 Å². The van der Waals surface area contributed by atoms with Gasteiger partial charge in [0.25, 0.3) is 0 Å². The molecule has 0 aliphatic heterocycles. The van der Waals surface area contributed by atoms with Gasteiger partial charge in [-0.05, 0) is 6.07 Å². The van der Waals surface area contributed by atoms with Gasteiger partial charge < -0.3 is 19.9 Å². The summed E-state index contributed by atoms with van der Waals surface area (Å²) < 4.78 is 9.96. The monoisotopic (exact) mass is 285 g/mol. The zero-order valence-electron chi connectivity index (χ0n) is 10.9. The lowest BCUT2D eigenvalue weighted by molar-refractivity contribution is -0.384. The molecule has 0 aromatic carbocycles. The molecule has 110 valence electrons. The zero-order valence-corrected chi connectivity index (χ0v) is 10.9. The summed E-state index contributed by atoms with van der Waals surface area (Å²) in [6, 6.07) is 2.19. The van der Waals surface area contributed by atoms with Gasteiger partial charge in [-0.1, -0.05) is 0 Å². The van der Waals surface area contributed by atoms with Crippen LogP contribution in [-0.2, 0) is 9.47 Å². The number of nitro groups is 1. The summed E-state index contributed by atoms with van der Waals surface area (Å²) in [4.78, 5) is 24.7. The van der Waals surface area contributed by atoms with Crippen molar-refractivity contribution < 1.29 is 24.3 Å². The molecule has 0 aliphatic carbocycles. The SMILES string of the molecule is COCCOCCNc1nc(C(=O)O)ccc1[N+](=O)[O-]. The number of carbonyl (C=O) groups is 1. The Hall–Kier alpha value is -2.26. The Morgan fingerprint density at radius 1 is 1.45 bits per heavy atom. The molecular weight excluding hydrogens is 270 g/mol. The Kier molecular flexibility index (Phi) is 6.33. The molecule has 1 aromatic heterocycles. The number of carboxylic acids is 1. The number of nitrogens with zero attached hydrogens (tertiary/aromatic N) is 2. The fraction of sp³-hybridized carbons (Fsp3) is 0.455. The van der Waals surface area contributed by atoms with E-state index in [2.05, 4.69) is 10.3 Å². The molecule has 0 bridgehead atoms. The van der Waals surface area contributed by atoms with Gasteiger partial charge >= 0.3 is 11.7 Å². The summed E-state index contributed by atoms with van der Waals surface area (Å²) in [5.41, 5.74) is -0.551. The van der Waals surface area contributed by atoms with Crippen LogP contribution in [0.2, 0.25) is 0 Å². The molecule has 1 heterocycles. The highest BCUT2D eigenvalue weighted by Crippen LogP contribution is 2.21. The van der Waals surface area contributed by atoms with E-state index in [0.29, 0.717) is 19.8 Å². The lowest BCUT2D eigenvalue weighted by atomic mass is 10.3. The van der Waals surface area contributed by atoms with Gasteiger partial charge in [-0.2, -0.15) is 0 Å². The predicted octanol–water partition coefficient (Wildman–Crippen LogP) is 0.763. The number of nitrogens with one attached hydrogen (secondary N) is 1. The second-order valence-corrected chi connectivity index (χ2v) is 3.66. The topological polar surface area (TPSA) is 124 Å². The van der Waals surface area contributed by atoms with Gasteiger partial charge in [-0.15, -0.1) is 0 Å². The van der Waals surface area contributed by atoms with E-state index in [9.17, 15) is 14.9 Å². The first kappa shape index (κ1) is 15.8. The van der Waals surface area contributed by atoms with Crippen LogP contribution in [0.15, 0.2) is 12.1 Å². The number of ether oxygens (including phenoxy) is 2. The maximum Gasteiger partial charge on any atom is 0.354 e. The van der Waals surface area contributed by atoms with Crippen LogP contribution in [0.25, 0.3) is 0 Å². The van der Waals surface area contributed by atoms with Gasteiger partial charge in [0.2, 0.25) is 5.82 Å². The molecule has 9 nitrogen and oxygen atoms in total. The quantitative estimate of drug-likeness (QED) is 0.387. The Morgan fingerprint density at radius 2 is 2.20 bits per heavy atom. The predicted molar refractivity (Wildman–Crippen MR) is 69.0 cm³/mol. The highest BCUT2D eigenvalue weighted by atomic mass is 16.6. The highest BCUT2D eigenvalue weighted by molar-refractivity contribution is 5.86. The largest absolute Gasteiger partial charge is 0.477 e. The maximum absolute atomic E-state index is 10.8. The molecule has 9 heteroatoms. The Balaban J connectivity index is 2.63. The Bertz CT molecular complexity index is 479. The number of methoxy groups -OCH3 is 1. The van der Waals surface area contributed by atoms with Crippen LogP contribution >= 0.6 is 0 Å². The molecule has 0 aliphatic rings. The van der Waals surface area contributed by atoms with Gasteiger partial charge in [0.15, 0.2) is 5.69 Å². The fourth-order valence-corrected chi connectivity index (χ4v) is 1.33. The minimum atomic E-state index is -1.25. The van der Waals surface area contributed by atoms with Crippen LogP contribution < -0.4 is 5.32 Å². The summed E-state index contributed by atoms with van der Waals surface area (Å²) in [5.74, 6) is -1.34. The van der Waals surface area contributed by atoms with Crippen molar-refractivity contribution in [3.63, 3.8) is 0 Å². The van der Waals surface area contributed by atoms with Crippen molar-refractivity contribution in [3.8, 4) is 0 Å². The summed E-state index contributed by atoms with van der Waals surface area (Å²) in [6.07, 6.45) is 0. The molecular formula is C11H15N3O6. The number of rotatable bonds is 9. The second-order valence-electron chi connectivity index (χ2n) is 3.66. The van der Waals surface area contributed by atoms with Crippen LogP contribution in [0.4, 0.5) is 11.5 Å². The first-order valence-corrected chi connectivity index (χ1v) is 5.75. The van der Waals surface area contributed by atoms with Gasteiger partial charge in [-0.3, -0.25) is 10.1 Å². The van der Waals surface area contributed by atoms with Gasteiger partial charge in [-0.25, -0.2) is 9.78 Å². The molecule has 0 spiro atoms. The van der Waals surface area contributed by atoms with Crippen molar-refractivity contribution in [1.29, 1.82) is 0 Å². The maximum atomic E-state index is 10.8. The summed E-state index contributed by atoms with van der Waals surface area (Å²) in [6.45, 7) is 1.41. The standard InChI is InChI=1S/C11H15N3O6/c1-19-6-7-20-5-4-12-10-9(14(17)18)3-2-8(13-10)11(15)16/h2-3H,4-7H2,1H3,(H,12,13)(H,15,16). The normalized spacial score (nSPS) is 10.2. The molecule has 0 saturated heterocycles. The lowest BCUT2D eigenvalue weighted by Crippen LogP contribution is -2.14. The molecule has 1 rings (SSSR count). The molecule has 1 aromatic rings. The first-order valence-electron chi connectivity index (χ1n) is 5.75. The van der Waals surface area contributed by atoms with E-state index in [4.69, 9.17) is 14.6 Å². The molecule has 0 unspecified atom stereocenters. The summed E-state index contributed by atoms with van der Waals surface area (Å²) in [7, 11) is 1.55. The van der Waals surface area contributed by atoms with E-state index in [1.807, 2.05) is 0 Å². The average molecular weight is 285 g/mol. The van der Waals surface area contributed by atoms with Crippen molar-refractivity contribution in [2.75, 3.05) is 38.8 Å². The molecule has 2 N–H and O–H groups in total. The van der Waals surface area contributed by atoms with E-state index >= 15 is 0 Å². The van der Waals surface area contributed by atoms with Crippen LogP contribution in [0.3, 0.4) is 0 Å². The molecule has 0 amide bonds. The van der Waals surface area contributed by atoms with E-state index in [0.717, 1.165) is 12.1 Å². The van der Waals surface area contributed by atoms with Crippen molar-refractivity contribution in [2.24, 2.45) is 0 Å². The minimum absolute atomic E-state index is 0.0924. The number of anilines is 1. The van der Waals surface area contributed by atoms with Gasteiger partial charge in [0.1, 0.15) is 0 Å². The van der Waals surface area contributed by atoms with E-state index in [-0.39, 0.29) is 23.7 Å². The third kappa shape index (κ3) is 4.78. The first-order chi connectivity index (χ1) is 9.56. The van der Waals surface area contributed by atoms with Crippen molar-refractivity contribution in [3.05, 3.63) is 27.9 Å². The highest BCUT2D eigenvalue weighted by Gasteiger charge is 2.17. The van der Waals surface area contributed by atoms with E-state index in [1.165, 1.54) is 0 Å². The van der Waals surface area contributed by atoms with Crippen molar-refractivity contribution in [2.45, 2.75) is 0 Å². The van der Waals surface area contributed by atoms with Crippen LogP contribution in [0.5, 0.6) is 0 Å². The summed E-state index contributed by atoms with van der Waals surface area (Å²) >= 11 is 0. The number of hydrogen-bond donors (Lipinski definition) is 2. The minimum Gasteiger partial charge on any atom is -0.477 e. The lowest BCUT2D eigenvalue weighted by Gasteiger charge is -2.07. The van der Waals surface area contributed by atoms with Crippen molar-refractivity contribution in [1.82, 2.24) is 4.98 Å². The zero-order chi connectivity index (χ0) is 15.0. The summed E-state index contributed by atoms with van der Waals surface area (Å²) in [5, 5.41) is 22.3. The molecule has 0 radical (unpaired) electrons. The number of pyridine rings is 1. The smallest absolute Gasteiger partial charge is 0.354 e. The average Bonchev–Trinajstić information content (AvgIpc) is 2.42.